The summed E-state index contributed by atoms with van der Waals surface area (Å²) in [6, 6.07) is 25.9. The maximum absolute atomic E-state index is 13.8. The van der Waals surface area contributed by atoms with Crippen molar-refractivity contribution in [2.24, 2.45) is 0 Å². The smallest absolute Gasteiger partial charge is 0.266 e. The van der Waals surface area contributed by atoms with Crippen LogP contribution in [0, 0.1) is 6.92 Å². The molecule has 6 nitrogen and oxygen atoms in total. The van der Waals surface area contributed by atoms with Gasteiger partial charge in [-0.05, 0) is 60.5 Å². The van der Waals surface area contributed by atoms with Gasteiger partial charge in [0.1, 0.15) is 11.6 Å². The molecule has 0 spiro atoms. The van der Waals surface area contributed by atoms with Crippen LogP contribution in [0.5, 0.6) is 5.75 Å². The number of amides is 1. The molecule has 0 aliphatic carbocycles. The second-order valence-corrected chi connectivity index (χ2v) is 8.92. The first-order valence-corrected chi connectivity index (χ1v) is 11.8. The molecule has 6 heteroatoms. The molecule has 1 amide bonds. The van der Waals surface area contributed by atoms with Crippen molar-refractivity contribution in [1.29, 1.82) is 0 Å². The lowest BCUT2D eigenvalue weighted by Crippen LogP contribution is -2.35. The van der Waals surface area contributed by atoms with Crippen LogP contribution in [0.2, 0.25) is 0 Å². The van der Waals surface area contributed by atoms with E-state index in [0.29, 0.717) is 33.7 Å². The Hall–Kier alpha value is -4.45. The minimum atomic E-state index is -0.515. The minimum Gasteiger partial charge on any atom is -0.495 e. The van der Waals surface area contributed by atoms with Crippen molar-refractivity contribution in [2.45, 2.75) is 19.9 Å². The molecule has 36 heavy (non-hydrogen) atoms. The average Bonchev–Trinajstić information content (AvgIpc) is 2.91. The minimum absolute atomic E-state index is 0.149. The van der Waals surface area contributed by atoms with Crippen molar-refractivity contribution >= 4 is 27.6 Å². The number of carbonyl (C=O) groups is 1. The topological polar surface area (TPSA) is 64.4 Å². The third-order valence-corrected chi connectivity index (χ3v) is 6.67. The molecule has 1 atom stereocenters. The van der Waals surface area contributed by atoms with E-state index in [1.54, 1.807) is 29.7 Å². The quantitative estimate of drug-likeness (QED) is 0.326. The van der Waals surface area contributed by atoms with Crippen LogP contribution in [0.25, 0.3) is 27.4 Å². The average molecular weight is 478 g/mol. The van der Waals surface area contributed by atoms with E-state index in [1.165, 1.54) is 0 Å². The molecule has 5 aromatic rings. The zero-order valence-electron chi connectivity index (χ0n) is 20.7. The number of aryl methyl sites for hydroxylation is 1. The molecule has 0 aliphatic heterocycles. The van der Waals surface area contributed by atoms with Crippen LogP contribution >= 0.6 is 0 Å². The molecule has 0 saturated carbocycles. The lowest BCUT2D eigenvalue weighted by Gasteiger charge is -2.28. The van der Waals surface area contributed by atoms with Crippen LogP contribution in [-0.4, -0.2) is 34.5 Å². The molecular weight excluding hydrogens is 450 g/mol. The van der Waals surface area contributed by atoms with E-state index < -0.39 is 6.04 Å². The number of hydrogen-bond donors (Lipinski definition) is 0. The Morgan fingerprint density at radius 3 is 2.42 bits per heavy atom. The van der Waals surface area contributed by atoms with Crippen LogP contribution in [0.4, 0.5) is 0 Å². The zero-order chi connectivity index (χ0) is 25.4. The highest BCUT2D eigenvalue weighted by Crippen LogP contribution is 2.29. The molecule has 0 fully saturated rings. The van der Waals surface area contributed by atoms with Crippen LogP contribution in [-0.2, 0) is 0 Å². The fourth-order valence-electron chi connectivity index (χ4n) is 4.59. The molecular formula is C30H27N3O3. The van der Waals surface area contributed by atoms with Crippen LogP contribution in [0.1, 0.15) is 34.7 Å². The normalized spacial score (nSPS) is 12.0. The molecule has 1 aromatic heterocycles. The van der Waals surface area contributed by atoms with Gasteiger partial charge in [0.05, 0.1) is 29.7 Å². The van der Waals surface area contributed by atoms with Gasteiger partial charge >= 0.3 is 0 Å². The van der Waals surface area contributed by atoms with Crippen molar-refractivity contribution in [2.75, 3.05) is 14.2 Å². The Kier molecular flexibility index (Phi) is 6.02. The van der Waals surface area contributed by atoms with E-state index in [1.807, 2.05) is 92.7 Å². The SMILES string of the molecule is COc1ccc(C)cc1-n1c(C(C)N(C)C(=O)c2cccc3ccccc23)nc2ccccc2c1=O. The number of para-hydroxylation sites is 1. The summed E-state index contributed by atoms with van der Waals surface area (Å²) in [5.41, 5.74) is 2.54. The predicted octanol–water partition coefficient (Wildman–Crippen LogP) is 5.69. The monoisotopic (exact) mass is 477 g/mol. The lowest BCUT2D eigenvalue weighted by atomic mass is 10.0. The summed E-state index contributed by atoms with van der Waals surface area (Å²) in [6.07, 6.45) is 0. The van der Waals surface area contributed by atoms with Gasteiger partial charge in [-0.3, -0.25) is 14.2 Å². The van der Waals surface area contributed by atoms with Crippen molar-refractivity contribution in [3.05, 3.63) is 112 Å². The zero-order valence-corrected chi connectivity index (χ0v) is 20.7. The van der Waals surface area contributed by atoms with Crippen LogP contribution in [0.15, 0.2) is 89.7 Å². The highest BCUT2D eigenvalue weighted by molar-refractivity contribution is 6.07. The van der Waals surface area contributed by atoms with Gasteiger partial charge in [-0.25, -0.2) is 4.98 Å². The predicted molar refractivity (Wildman–Crippen MR) is 143 cm³/mol. The number of rotatable bonds is 5. The molecule has 0 bridgehead atoms. The van der Waals surface area contributed by atoms with Gasteiger partial charge in [-0.2, -0.15) is 0 Å². The van der Waals surface area contributed by atoms with E-state index in [4.69, 9.17) is 9.72 Å². The standard InChI is InChI=1S/C30H27N3O3/c1-19-16-17-27(36-4)26(18-19)33-28(31-25-15-8-7-13-24(25)30(33)35)20(2)32(3)29(34)23-14-9-11-21-10-5-6-12-22(21)23/h5-18,20H,1-4H3. The molecule has 0 saturated heterocycles. The summed E-state index contributed by atoms with van der Waals surface area (Å²) >= 11 is 0. The summed E-state index contributed by atoms with van der Waals surface area (Å²) in [6.45, 7) is 3.85. The summed E-state index contributed by atoms with van der Waals surface area (Å²) < 4.78 is 7.19. The molecule has 1 unspecified atom stereocenters. The van der Waals surface area contributed by atoms with Crippen LogP contribution < -0.4 is 10.3 Å². The number of hydrogen-bond acceptors (Lipinski definition) is 4. The van der Waals surface area contributed by atoms with E-state index in [2.05, 4.69) is 0 Å². The van der Waals surface area contributed by atoms with Gasteiger partial charge in [0.25, 0.3) is 11.5 Å². The van der Waals surface area contributed by atoms with Gasteiger partial charge in [-0.15, -0.1) is 0 Å². The van der Waals surface area contributed by atoms with Gasteiger partial charge < -0.3 is 9.64 Å². The Bertz CT molecular complexity index is 1670. The number of fused-ring (bicyclic) bond motifs is 2. The number of carbonyl (C=O) groups excluding carboxylic acids is 1. The number of nitrogens with zero attached hydrogens (tertiary/aromatic N) is 3. The molecule has 0 aliphatic rings. The van der Waals surface area contributed by atoms with Crippen molar-refractivity contribution < 1.29 is 9.53 Å². The van der Waals surface area contributed by atoms with Crippen molar-refractivity contribution in [1.82, 2.24) is 14.5 Å². The van der Waals surface area contributed by atoms with E-state index in [-0.39, 0.29) is 11.5 Å². The van der Waals surface area contributed by atoms with Crippen LogP contribution in [0.3, 0.4) is 0 Å². The first-order chi connectivity index (χ1) is 17.4. The fourth-order valence-corrected chi connectivity index (χ4v) is 4.59. The molecule has 180 valence electrons. The summed E-state index contributed by atoms with van der Waals surface area (Å²) in [5.74, 6) is 0.861. The fraction of sp³-hybridized carbons (Fsp3) is 0.167. The van der Waals surface area contributed by atoms with E-state index in [0.717, 1.165) is 16.3 Å². The second kappa shape index (κ2) is 9.30. The lowest BCUT2D eigenvalue weighted by molar-refractivity contribution is 0.0737. The summed E-state index contributed by atoms with van der Waals surface area (Å²) in [5, 5.41) is 2.38. The number of ether oxygens (including phenoxy) is 1. The maximum Gasteiger partial charge on any atom is 0.266 e. The van der Waals surface area contributed by atoms with Crippen molar-refractivity contribution in [3.8, 4) is 11.4 Å². The maximum atomic E-state index is 13.8. The Morgan fingerprint density at radius 1 is 0.944 bits per heavy atom. The first-order valence-electron chi connectivity index (χ1n) is 11.8. The molecule has 1 heterocycles. The summed E-state index contributed by atoms with van der Waals surface area (Å²) in [7, 11) is 3.32. The highest BCUT2D eigenvalue weighted by atomic mass is 16.5. The third kappa shape index (κ3) is 3.90. The Labute approximate surface area is 209 Å². The number of benzene rings is 4. The van der Waals surface area contributed by atoms with E-state index >= 15 is 0 Å². The van der Waals surface area contributed by atoms with Gasteiger partial charge in [-0.1, -0.05) is 54.6 Å². The summed E-state index contributed by atoms with van der Waals surface area (Å²) in [4.78, 5) is 34.1. The van der Waals surface area contributed by atoms with Gasteiger partial charge in [0.15, 0.2) is 0 Å². The first kappa shape index (κ1) is 23.3. The molecule has 0 N–H and O–H groups in total. The number of methoxy groups -OCH3 is 1. The molecule has 0 radical (unpaired) electrons. The largest absolute Gasteiger partial charge is 0.495 e. The second-order valence-electron chi connectivity index (χ2n) is 8.92. The Balaban J connectivity index is 1.70. The number of aromatic nitrogens is 2. The highest BCUT2D eigenvalue weighted by Gasteiger charge is 2.26. The Morgan fingerprint density at radius 2 is 1.64 bits per heavy atom. The van der Waals surface area contributed by atoms with Gasteiger partial charge in [0.2, 0.25) is 0 Å². The molecule has 5 rings (SSSR count). The van der Waals surface area contributed by atoms with E-state index in [9.17, 15) is 9.59 Å². The molecule has 4 aromatic carbocycles. The third-order valence-electron chi connectivity index (χ3n) is 6.67. The van der Waals surface area contributed by atoms with Crippen molar-refractivity contribution in [3.63, 3.8) is 0 Å². The van der Waals surface area contributed by atoms with Gasteiger partial charge in [0, 0.05) is 12.6 Å².